The van der Waals surface area contributed by atoms with Gasteiger partial charge in [0.1, 0.15) is 0 Å². The molecule has 9 heavy (non-hydrogen) atoms. The van der Waals surface area contributed by atoms with Crippen molar-refractivity contribution in [2.45, 2.75) is 11.9 Å². The number of aliphatic hydroxyl groups is 4. The van der Waals surface area contributed by atoms with E-state index < -0.39 is 18.5 Å². The molecular weight excluding hydrogens is 124 g/mol. The summed E-state index contributed by atoms with van der Waals surface area (Å²) in [4.78, 5) is 0. The van der Waals surface area contributed by atoms with Crippen LogP contribution in [0.3, 0.4) is 0 Å². The van der Waals surface area contributed by atoms with E-state index in [0.717, 1.165) is 0 Å². The largest absolute Gasteiger partial charge is 0.392 e. The molecule has 0 aromatic heterocycles. The second-order valence-corrected chi connectivity index (χ2v) is 1.60. The summed E-state index contributed by atoms with van der Waals surface area (Å²) in [5, 5.41) is 33.5. The second kappa shape index (κ2) is 2.80. The van der Waals surface area contributed by atoms with Crippen LogP contribution in [0.2, 0.25) is 0 Å². The summed E-state index contributed by atoms with van der Waals surface area (Å²) in [5.74, 6) is 1.63. The van der Waals surface area contributed by atoms with Crippen molar-refractivity contribution in [2.24, 2.45) is 0 Å². The zero-order chi connectivity index (χ0) is 7.49. The van der Waals surface area contributed by atoms with Crippen LogP contribution >= 0.6 is 0 Å². The van der Waals surface area contributed by atoms with Crippen LogP contribution in [0.25, 0.3) is 0 Å². The first-order valence-electron chi connectivity index (χ1n) is 2.24. The van der Waals surface area contributed by atoms with Gasteiger partial charge in [0.2, 0.25) is 0 Å². The average molecular weight is 132 g/mol. The lowest BCUT2D eigenvalue weighted by atomic mass is 10.1. The molecule has 4 heteroatoms. The smallest absolute Gasteiger partial charge is 0.199 e. The molecule has 0 amide bonds. The molecule has 0 bridgehead atoms. The highest BCUT2D eigenvalue weighted by Gasteiger charge is 2.30. The van der Waals surface area contributed by atoms with E-state index in [4.69, 9.17) is 20.4 Å². The third kappa shape index (κ3) is 1.66. The Balaban J connectivity index is 4.14. The normalized spacial score (nSPS) is 16.9. The predicted molar refractivity (Wildman–Crippen MR) is 29.1 cm³/mol. The molecular formula is C5H8O4. The zero-order valence-electron chi connectivity index (χ0n) is 4.65. The Morgan fingerprint density at radius 2 is 2.00 bits per heavy atom. The maximum absolute atomic E-state index is 8.72. The summed E-state index contributed by atoms with van der Waals surface area (Å²) in [6.07, 6.45) is 2.53. The highest BCUT2D eigenvalue weighted by atomic mass is 16.5. The molecule has 0 fully saturated rings. The molecule has 0 saturated heterocycles. The summed E-state index contributed by atoms with van der Waals surface area (Å²) in [6, 6.07) is 0. The van der Waals surface area contributed by atoms with Gasteiger partial charge in [-0.15, -0.1) is 6.42 Å². The summed E-state index contributed by atoms with van der Waals surface area (Å²) >= 11 is 0. The molecule has 0 aliphatic heterocycles. The zero-order valence-corrected chi connectivity index (χ0v) is 4.65. The van der Waals surface area contributed by atoms with Gasteiger partial charge < -0.3 is 20.4 Å². The first-order chi connectivity index (χ1) is 4.06. The Bertz CT molecular complexity index is 125. The molecule has 52 valence electrons. The van der Waals surface area contributed by atoms with Gasteiger partial charge in [-0.2, -0.15) is 0 Å². The SMILES string of the molecule is C#C[C@](O)(CO)C(O)O. The average Bonchev–Trinajstić information content (AvgIpc) is 1.86. The Labute approximate surface area is 52.4 Å². The molecule has 0 unspecified atom stereocenters. The van der Waals surface area contributed by atoms with Gasteiger partial charge in [-0.05, 0) is 0 Å². The van der Waals surface area contributed by atoms with E-state index in [2.05, 4.69) is 6.42 Å². The topological polar surface area (TPSA) is 80.9 Å². The fraction of sp³-hybridized carbons (Fsp3) is 0.600. The van der Waals surface area contributed by atoms with Crippen molar-refractivity contribution in [1.29, 1.82) is 0 Å². The minimum Gasteiger partial charge on any atom is -0.392 e. The summed E-state index contributed by atoms with van der Waals surface area (Å²) in [7, 11) is 0. The van der Waals surface area contributed by atoms with E-state index >= 15 is 0 Å². The van der Waals surface area contributed by atoms with Crippen LogP contribution in [0.4, 0.5) is 0 Å². The monoisotopic (exact) mass is 132 g/mol. The first-order valence-corrected chi connectivity index (χ1v) is 2.24. The van der Waals surface area contributed by atoms with Crippen LogP contribution in [0, 0.1) is 12.3 Å². The number of rotatable bonds is 2. The third-order valence-electron chi connectivity index (χ3n) is 0.918. The summed E-state index contributed by atoms with van der Waals surface area (Å²) in [6.45, 7) is -0.874. The molecule has 0 aliphatic carbocycles. The quantitative estimate of drug-likeness (QED) is 0.250. The van der Waals surface area contributed by atoms with Crippen LogP contribution in [-0.4, -0.2) is 38.9 Å². The van der Waals surface area contributed by atoms with Gasteiger partial charge in [-0.1, -0.05) is 5.92 Å². The van der Waals surface area contributed by atoms with E-state index in [1.165, 1.54) is 0 Å². The van der Waals surface area contributed by atoms with Crippen LogP contribution in [0.5, 0.6) is 0 Å². The highest BCUT2D eigenvalue weighted by molar-refractivity contribution is 5.08. The van der Waals surface area contributed by atoms with Gasteiger partial charge in [0.25, 0.3) is 0 Å². The number of terminal acetylenes is 1. The molecule has 0 aliphatic rings. The van der Waals surface area contributed by atoms with E-state index in [9.17, 15) is 0 Å². The predicted octanol–water partition coefficient (Wildman–Crippen LogP) is -2.35. The Kier molecular flexibility index (Phi) is 2.62. The van der Waals surface area contributed by atoms with E-state index in [-0.39, 0.29) is 0 Å². The summed E-state index contributed by atoms with van der Waals surface area (Å²) < 4.78 is 0. The summed E-state index contributed by atoms with van der Waals surface area (Å²) in [5.41, 5.74) is -2.22. The van der Waals surface area contributed by atoms with Gasteiger partial charge in [0.05, 0.1) is 6.61 Å². The van der Waals surface area contributed by atoms with Gasteiger partial charge >= 0.3 is 0 Å². The molecule has 0 radical (unpaired) electrons. The van der Waals surface area contributed by atoms with Crippen LogP contribution < -0.4 is 0 Å². The lowest BCUT2D eigenvalue weighted by Crippen LogP contribution is -2.44. The van der Waals surface area contributed by atoms with Gasteiger partial charge in [-0.3, -0.25) is 0 Å². The molecule has 1 atom stereocenters. The lowest BCUT2D eigenvalue weighted by Gasteiger charge is -2.20. The maximum atomic E-state index is 8.72. The molecule has 0 saturated carbocycles. The Hall–Kier alpha value is -0.600. The highest BCUT2D eigenvalue weighted by Crippen LogP contribution is 2.04. The van der Waals surface area contributed by atoms with Crippen LogP contribution in [-0.2, 0) is 0 Å². The van der Waals surface area contributed by atoms with Gasteiger partial charge in [-0.25, -0.2) is 0 Å². The van der Waals surface area contributed by atoms with Crippen molar-refractivity contribution in [3.63, 3.8) is 0 Å². The third-order valence-corrected chi connectivity index (χ3v) is 0.918. The first kappa shape index (κ1) is 8.40. The van der Waals surface area contributed by atoms with Gasteiger partial charge in [0.15, 0.2) is 11.9 Å². The maximum Gasteiger partial charge on any atom is 0.199 e. The number of aliphatic hydroxyl groups excluding tert-OH is 2. The van der Waals surface area contributed by atoms with E-state index in [0.29, 0.717) is 0 Å². The second-order valence-electron chi connectivity index (χ2n) is 1.60. The van der Waals surface area contributed by atoms with E-state index in [1.54, 1.807) is 5.92 Å². The Morgan fingerprint density at radius 3 is 2.00 bits per heavy atom. The van der Waals surface area contributed by atoms with Crippen LogP contribution in [0.1, 0.15) is 0 Å². The number of hydrogen-bond acceptors (Lipinski definition) is 4. The van der Waals surface area contributed by atoms with E-state index in [1.807, 2.05) is 0 Å². The minimum atomic E-state index is -2.22. The van der Waals surface area contributed by atoms with Crippen molar-refractivity contribution in [2.75, 3.05) is 6.61 Å². The van der Waals surface area contributed by atoms with Crippen molar-refractivity contribution in [1.82, 2.24) is 0 Å². The molecule has 0 heterocycles. The Morgan fingerprint density at radius 1 is 1.56 bits per heavy atom. The molecule has 0 aromatic carbocycles. The van der Waals surface area contributed by atoms with Crippen LogP contribution in [0.15, 0.2) is 0 Å². The van der Waals surface area contributed by atoms with Gasteiger partial charge in [0, 0.05) is 0 Å². The van der Waals surface area contributed by atoms with Crippen molar-refractivity contribution in [3.05, 3.63) is 0 Å². The molecule has 4 nitrogen and oxygen atoms in total. The fourth-order valence-corrected chi connectivity index (χ4v) is 0.202. The molecule has 0 aromatic rings. The minimum absolute atomic E-state index is 0.874. The lowest BCUT2D eigenvalue weighted by molar-refractivity contribution is -0.170. The van der Waals surface area contributed by atoms with Crippen molar-refractivity contribution >= 4 is 0 Å². The number of hydrogen-bond donors (Lipinski definition) is 4. The molecule has 4 N–H and O–H groups in total. The van der Waals surface area contributed by atoms with Crippen molar-refractivity contribution in [3.8, 4) is 12.3 Å². The van der Waals surface area contributed by atoms with Crippen molar-refractivity contribution < 1.29 is 20.4 Å². The fourth-order valence-electron chi connectivity index (χ4n) is 0.202. The molecule has 0 spiro atoms. The molecule has 0 rings (SSSR count). The standard InChI is InChI=1S/C5H8O4/c1-2-5(9,3-6)4(7)8/h1,4,6-9H,3H2/t5-/m0/s1.